The van der Waals surface area contributed by atoms with Crippen LogP contribution in [-0.2, 0) is 9.59 Å². The summed E-state index contributed by atoms with van der Waals surface area (Å²) in [6.07, 6.45) is 0. The van der Waals surface area contributed by atoms with Gasteiger partial charge in [0.2, 0.25) is 0 Å². The number of amides is 1. The minimum Gasteiger partial charge on any atom is -0.508 e. The van der Waals surface area contributed by atoms with Gasteiger partial charge in [0, 0.05) is 5.69 Å². The maximum absolute atomic E-state index is 13.4. The van der Waals surface area contributed by atoms with Gasteiger partial charge in [-0.2, -0.15) is 0 Å². The van der Waals surface area contributed by atoms with E-state index in [9.17, 15) is 19.8 Å². The Bertz CT molecular complexity index is 1390. The molecule has 0 aliphatic carbocycles. The standard InChI is InChI=1S/C26H21Cl2NO7/c1-34-16-9-7-14(8-10-16)29-21(13-5-4-6-15(30)11-13)19(23(32)26(29)33)22(31)17-12-18(27)25(36-3)20(28)24(17)35-2/h4-12,21,30-31H,1-3H3/b22-19+. The van der Waals surface area contributed by atoms with E-state index in [2.05, 4.69) is 0 Å². The Morgan fingerprint density at radius 3 is 2.17 bits per heavy atom. The van der Waals surface area contributed by atoms with E-state index in [4.69, 9.17) is 37.4 Å². The van der Waals surface area contributed by atoms with Crippen molar-refractivity contribution in [3.8, 4) is 23.0 Å². The van der Waals surface area contributed by atoms with E-state index >= 15 is 0 Å². The first-order chi connectivity index (χ1) is 17.2. The zero-order valence-corrected chi connectivity index (χ0v) is 20.9. The van der Waals surface area contributed by atoms with Gasteiger partial charge in [-0.05, 0) is 48.0 Å². The SMILES string of the molecule is COc1ccc(N2C(=O)C(=O)/C(=C(/O)c3cc(Cl)c(OC)c(Cl)c3OC)C2c2cccc(O)c2)cc1. The number of hydrogen-bond acceptors (Lipinski definition) is 7. The lowest BCUT2D eigenvalue weighted by atomic mass is 9.94. The number of phenolic OH excluding ortho intramolecular Hbond substituents is 1. The number of carbonyl (C=O) groups is 2. The van der Waals surface area contributed by atoms with Crippen molar-refractivity contribution in [1.82, 2.24) is 0 Å². The predicted molar refractivity (Wildman–Crippen MR) is 135 cm³/mol. The fraction of sp³-hybridized carbons (Fsp3) is 0.154. The maximum Gasteiger partial charge on any atom is 0.300 e. The van der Waals surface area contributed by atoms with Crippen LogP contribution in [0.1, 0.15) is 17.2 Å². The Kier molecular flexibility index (Phi) is 7.01. The molecule has 1 fully saturated rings. The molecule has 186 valence electrons. The molecular weight excluding hydrogens is 509 g/mol. The van der Waals surface area contributed by atoms with E-state index in [1.165, 1.54) is 44.4 Å². The van der Waals surface area contributed by atoms with Crippen LogP contribution in [0.4, 0.5) is 5.69 Å². The van der Waals surface area contributed by atoms with Crippen LogP contribution in [0, 0.1) is 0 Å². The molecule has 4 rings (SSSR count). The number of ether oxygens (including phenoxy) is 3. The van der Waals surface area contributed by atoms with E-state index in [0.717, 1.165) is 0 Å². The number of anilines is 1. The van der Waals surface area contributed by atoms with E-state index in [1.54, 1.807) is 36.4 Å². The average Bonchev–Trinajstić information content (AvgIpc) is 3.14. The van der Waals surface area contributed by atoms with E-state index in [1.807, 2.05) is 0 Å². The number of methoxy groups -OCH3 is 3. The fourth-order valence-corrected chi connectivity index (χ4v) is 4.83. The lowest BCUT2D eigenvalue weighted by Gasteiger charge is -2.26. The molecule has 8 nitrogen and oxygen atoms in total. The molecule has 1 saturated heterocycles. The van der Waals surface area contributed by atoms with Crippen molar-refractivity contribution in [1.29, 1.82) is 0 Å². The highest BCUT2D eigenvalue weighted by Crippen LogP contribution is 2.48. The van der Waals surface area contributed by atoms with Gasteiger partial charge < -0.3 is 24.4 Å². The fourth-order valence-electron chi connectivity index (χ4n) is 4.14. The Labute approximate surface area is 216 Å². The second kappa shape index (κ2) is 10.0. The molecule has 1 atom stereocenters. The molecule has 36 heavy (non-hydrogen) atoms. The molecule has 2 N–H and O–H groups in total. The summed E-state index contributed by atoms with van der Waals surface area (Å²) in [6.45, 7) is 0. The summed E-state index contributed by atoms with van der Waals surface area (Å²) in [7, 11) is 4.20. The number of halogens is 2. The number of benzene rings is 3. The van der Waals surface area contributed by atoms with Crippen LogP contribution in [-0.4, -0.2) is 43.2 Å². The largest absolute Gasteiger partial charge is 0.508 e. The summed E-state index contributed by atoms with van der Waals surface area (Å²) in [5.41, 5.74) is 0.516. The first-order valence-electron chi connectivity index (χ1n) is 10.6. The zero-order valence-electron chi connectivity index (χ0n) is 19.4. The summed E-state index contributed by atoms with van der Waals surface area (Å²) in [6, 6.07) is 12.8. The van der Waals surface area contributed by atoms with E-state index in [0.29, 0.717) is 17.0 Å². The van der Waals surface area contributed by atoms with Crippen molar-refractivity contribution in [3.63, 3.8) is 0 Å². The van der Waals surface area contributed by atoms with Crippen LogP contribution >= 0.6 is 23.2 Å². The third-order valence-corrected chi connectivity index (χ3v) is 6.40. The number of aliphatic hydroxyl groups is 1. The second-order valence-electron chi connectivity index (χ2n) is 7.75. The van der Waals surface area contributed by atoms with Crippen LogP contribution < -0.4 is 19.1 Å². The number of Topliss-reactive ketones (excluding diaryl/α,β-unsaturated/α-hetero) is 1. The minimum atomic E-state index is -1.09. The Hall–Kier alpha value is -3.88. The highest BCUT2D eigenvalue weighted by molar-refractivity contribution is 6.52. The molecule has 3 aromatic rings. The Morgan fingerprint density at radius 2 is 1.58 bits per heavy atom. The smallest absolute Gasteiger partial charge is 0.300 e. The summed E-state index contributed by atoms with van der Waals surface area (Å²) in [4.78, 5) is 27.9. The van der Waals surface area contributed by atoms with Crippen LogP contribution in [0.15, 0.2) is 60.2 Å². The van der Waals surface area contributed by atoms with Crippen molar-refractivity contribution in [2.24, 2.45) is 0 Å². The molecule has 1 heterocycles. The van der Waals surface area contributed by atoms with Crippen LogP contribution in [0.5, 0.6) is 23.0 Å². The molecule has 3 aromatic carbocycles. The Balaban J connectivity index is 2.00. The number of phenols is 1. The summed E-state index contributed by atoms with van der Waals surface area (Å²) < 4.78 is 15.8. The molecule has 0 radical (unpaired) electrons. The van der Waals surface area contributed by atoms with Crippen LogP contribution in [0.2, 0.25) is 10.0 Å². The second-order valence-corrected chi connectivity index (χ2v) is 8.53. The van der Waals surface area contributed by atoms with Gasteiger partial charge in [0.25, 0.3) is 11.7 Å². The molecule has 1 aliphatic rings. The number of rotatable bonds is 6. The highest BCUT2D eigenvalue weighted by atomic mass is 35.5. The molecule has 1 aliphatic heterocycles. The lowest BCUT2D eigenvalue weighted by Crippen LogP contribution is -2.29. The molecule has 1 amide bonds. The topological polar surface area (TPSA) is 106 Å². The Morgan fingerprint density at radius 1 is 0.917 bits per heavy atom. The number of hydrogen-bond donors (Lipinski definition) is 2. The highest BCUT2D eigenvalue weighted by Gasteiger charge is 2.47. The zero-order chi connectivity index (χ0) is 26.1. The molecule has 0 bridgehead atoms. The molecule has 10 heteroatoms. The van der Waals surface area contributed by atoms with Crippen molar-refractivity contribution < 1.29 is 34.0 Å². The maximum atomic E-state index is 13.4. The van der Waals surface area contributed by atoms with Crippen LogP contribution in [0.3, 0.4) is 0 Å². The van der Waals surface area contributed by atoms with Crippen molar-refractivity contribution >= 4 is 46.3 Å². The van der Waals surface area contributed by atoms with E-state index < -0.39 is 23.5 Å². The van der Waals surface area contributed by atoms with Gasteiger partial charge in [-0.25, -0.2) is 0 Å². The molecule has 0 saturated carbocycles. The van der Waals surface area contributed by atoms with Gasteiger partial charge in [0.1, 0.15) is 22.3 Å². The third kappa shape index (κ3) is 4.19. The molecule has 1 unspecified atom stereocenters. The van der Waals surface area contributed by atoms with Gasteiger partial charge in [0.15, 0.2) is 11.5 Å². The number of carbonyl (C=O) groups excluding carboxylic acids is 2. The lowest BCUT2D eigenvalue weighted by molar-refractivity contribution is -0.132. The summed E-state index contributed by atoms with van der Waals surface area (Å²) in [5.74, 6) is -1.78. The van der Waals surface area contributed by atoms with Gasteiger partial charge in [-0.15, -0.1) is 0 Å². The monoisotopic (exact) mass is 529 g/mol. The van der Waals surface area contributed by atoms with Gasteiger partial charge >= 0.3 is 0 Å². The summed E-state index contributed by atoms with van der Waals surface area (Å²) >= 11 is 12.7. The number of ketones is 1. The van der Waals surface area contributed by atoms with Crippen LogP contribution in [0.25, 0.3) is 5.76 Å². The third-order valence-electron chi connectivity index (χ3n) is 5.78. The average molecular weight is 530 g/mol. The van der Waals surface area contributed by atoms with Gasteiger partial charge in [0.05, 0.1) is 43.5 Å². The van der Waals surface area contributed by atoms with Gasteiger partial charge in [-0.1, -0.05) is 35.3 Å². The quantitative estimate of drug-likeness (QED) is 0.252. The normalized spacial score (nSPS) is 16.8. The van der Waals surface area contributed by atoms with Crippen molar-refractivity contribution in [3.05, 3.63) is 81.3 Å². The first kappa shape index (κ1) is 25.2. The number of aliphatic hydroxyl groups excluding tert-OH is 1. The van der Waals surface area contributed by atoms with Crippen molar-refractivity contribution in [2.75, 3.05) is 26.2 Å². The predicted octanol–water partition coefficient (Wildman–Crippen LogP) is 5.35. The summed E-state index contributed by atoms with van der Waals surface area (Å²) in [5, 5.41) is 21.6. The molecular formula is C26H21Cl2NO7. The first-order valence-corrected chi connectivity index (χ1v) is 11.3. The molecule has 0 spiro atoms. The number of nitrogens with zero attached hydrogens (tertiary/aromatic N) is 1. The van der Waals surface area contributed by atoms with E-state index in [-0.39, 0.29) is 38.4 Å². The minimum absolute atomic E-state index is 0.000669. The number of aromatic hydroxyl groups is 1. The molecule has 0 aromatic heterocycles. The van der Waals surface area contributed by atoms with Crippen molar-refractivity contribution in [2.45, 2.75) is 6.04 Å². The van der Waals surface area contributed by atoms with Gasteiger partial charge in [-0.3, -0.25) is 14.5 Å².